The van der Waals surface area contributed by atoms with Crippen LogP contribution < -0.4 is 5.73 Å². The van der Waals surface area contributed by atoms with Gasteiger partial charge in [-0.05, 0) is 58.6 Å². The molecule has 1 saturated carbocycles. The van der Waals surface area contributed by atoms with Crippen molar-refractivity contribution in [2.75, 3.05) is 28.2 Å². The number of aliphatic hydroxyl groups excluding tert-OH is 2. The summed E-state index contributed by atoms with van der Waals surface area (Å²) in [7, 11) is 6.10. The molecular weight excluding hydrogens is 523 g/mol. The summed E-state index contributed by atoms with van der Waals surface area (Å²) in [6.07, 6.45) is -3.20. The molecule has 0 heterocycles. The van der Waals surface area contributed by atoms with Crippen LogP contribution in [0.1, 0.15) is 28.7 Å². The minimum atomic E-state index is -2.85. The number of Topliss-reactive ketones (excluding diaryl/α,β-unsaturated/α-hetero) is 2. The second kappa shape index (κ2) is 9.50. The van der Waals surface area contributed by atoms with Crippen molar-refractivity contribution in [2.45, 2.75) is 31.0 Å². The van der Waals surface area contributed by atoms with Crippen LogP contribution in [0.2, 0.25) is 0 Å². The summed E-state index contributed by atoms with van der Waals surface area (Å²) >= 11 is 0. The second-order valence-corrected chi connectivity index (χ2v) is 10.6. The van der Waals surface area contributed by atoms with Crippen LogP contribution in [0.15, 0.2) is 29.1 Å². The summed E-state index contributed by atoms with van der Waals surface area (Å²) in [4.78, 5) is 41.9. The third kappa shape index (κ3) is 4.03. The first kappa shape index (κ1) is 28.3. The van der Waals surface area contributed by atoms with Crippen LogP contribution >= 0.6 is 0 Å². The molecule has 0 radical (unpaired) electrons. The van der Waals surface area contributed by atoms with E-state index in [4.69, 9.17) is 5.73 Å². The van der Waals surface area contributed by atoms with Crippen molar-refractivity contribution in [2.24, 2.45) is 17.6 Å². The number of amides is 1. The minimum Gasteiger partial charge on any atom is -0.508 e. The lowest BCUT2D eigenvalue weighted by atomic mass is 9.57. The standard InChI is InChI=1S/C26H28F3N3O7/c1-31(2)8-10-6-12(17(27)24(28)29)11-5-9-7-13-18(32(3)4)21(35)16(25(30)38)23(37)26(13,39)22(36)14(9)20(34)15(11)19(10)33/h6,9,13,18,33-34,37,39H,5,7-8H2,1-4H3,(H2,30,38)/t9?,13?,18-,26-/m0/s1. The Morgan fingerprint density at radius 3 is 2.26 bits per heavy atom. The topological polar surface area (TPSA) is 165 Å². The zero-order chi connectivity index (χ0) is 29.3. The zero-order valence-corrected chi connectivity index (χ0v) is 21.5. The van der Waals surface area contributed by atoms with Crippen molar-refractivity contribution in [1.82, 2.24) is 9.80 Å². The summed E-state index contributed by atoms with van der Waals surface area (Å²) in [5.41, 5.74) is -0.236. The Labute approximate surface area is 221 Å². The van der Waals surface area contributed by atoms with Gasteiger partial charge >= 0.3 is 6.08 Å². The fourth-order valence-corrected chi connectivity index (χ4v) is 6.13. The Balaban J connectivity index is 2.03. The van der Waals surface area contributed by atoms with Gasteiger partial charge in [-0.3, -0.25) is 19.3 Å². The highest BCUT2D eigenvalue weighted by Gasteiger charge is 2.64. The van der Waals surface area contributed by atoms with Crippen molar-refractivity contribution < 1.29 is 48.0 Å². The maximum atomic E-state index is 14.7. The molecule has 1 amide bonds. The molecule has 1 aromatic rings. The van der Waals surface area contributed by atoms with Crippen molar-refractivity contribution in [3.8, 4) is 5.75 Å². The molecule has 3 aliphatic rings. The molecule has 6 N–H and O–H groups in total. The number of halogens is 3. The number of phenolic OH excluding ortho intramolecular Hbond substituents is 1. The maximum absolute atomic E-state index is 14.7. The second-order valence-electron chi connectivity index (χ2n) is 10.6. The lowest BCUT2D eigenvalue weighted by Gasteiger charge is -2.50. The van der Waals surface area contributed by atoms with Gasteiger partial charge in [-0.15, -0.1) is 0 Å². The SMILES string of the molecule is CN(C)Cc1cc(C(F)=C(F)F)c2c(c1O)C(O)=C1C(=O)[C@]3(O)C(O)=C(C(N)=O)C(=O)[C@@H](N(C)C)C3CC1C2. The van der Waals surface area contributed by atoms with Crippen LogP contribution in [0.3, 0.4) is 0 Å². The van der Waals surface area contributed by atoms with Crippen molar-refractivity contribution in [3.63, 3.8) is 0 Å². The van der Waals surface area contributed by atoms with Gasteiger partial charge in [0, 0.05) is 29.2 Å². The van der Waals surface area contributed by atoms with Crippen LogP contribution in [0.25, 0.3) is 11.6 Å². The average molecular weight is 552 g/mol. The summed E-state index contributed by atoms with van der Waals surface area (Å²) in [5, 5.41) is 44.8. The molecule has 210 valence electrons. The Hall–Kier alpha value is -3.68. The number of fused-ring (bicyclic) bond motifs is 3. The van der Waals surface area contributed by atoms with E-state index in [0.29, 0.717) is 0 Å². The molecule has 39 heavy (non-hydrogen) atoms. The van der Waals surface area contributed by atoms with E-state index in [1.807, 2.05) is 0 Å². The van der Waals surface area contributed by atoms with E-state index in [9.17, 15) is 48.0 Å². The summed E-state index contributed by atoms with van der Waals surface area (Å²) in [6, 6.07) is -0.264. The number of ketones is 2. The Kier molecular flexibility index (Phi) is 6.90. The highest BCUT2D eigenvalue weighted by atomic mass is 19.3. The smallest absolute Gasteiger partial charge is 0.306 e. The van der Waals surface area contributed by atoms with E-state index in [1.165, 1.54) is 19.0 Å². The maximum Gasteiger partial charge on any atom is 0.306 e. The zero-order valence-electron chi connectivity index (χ0n) is 21.5. The van der Waals surface area contributed by atoms with Crippen LogP contribution in [-0.4, -0.2) is 87.5 Å². The number of aliphatic hydroxyl groups is 3. The monoisotopic (exact) mass is 551 g/mol. The first-order valence-corrected chi connectivity index (χ1v) is 11.9. The predicted molar refractivity (Wildman–Crippen MR) is 132 cm³/mol. The summed E-state index contributed by atoms with van der Waals surface area (Å²) in [5.74, 6) is -10.5. The number of phenols is 1. The molecule has 13 heteroatoms. The predicted octanol–water partition coefficient (Wildman–Crippen LogP) is 1.56. The number of hydrogen-bond donors (Lipinski definition) is 5. The van der Waals surface area contributed by atoms with Gasteiger partial charge in [-0.25, -0.2) is 4.39 Å². The number of nitrogens with two attached hydrogens (primary N) is 1. The summed E-state index contributed by atoms with van der Waals surface area (Å²) < 4.78 is 41.6. The van der Waals surface area contributed by atoms with Crippen LogP contribution in [0.5, 0.6) is 5.75 Å². The van der Waals surface area contributed by atoms with E-state index in [0.717, 1.165) is 6.07 Å². The molecule has 10 nitrogen and oxygen atoms in total. The molecule has 4 atom stereocenters. The Morgan fingerprint density at radius 1 is 1.13 bits per heavy atom. The molecule has 0 aromatic heterocycles. The number of aromatic hydroxyl groups is 1. The molecule has 2 unspecified atom stereocenters. The fourth-order valence-electron chi connectivity index (χ4n) is 6.13. The number of nitrogens with zero attached hydrogens (tertiary/aromatic N) is 2. The van der Waals surface area contributed by atoms with Gasteiger partial charge in [0.05, 0.1) is 11.6 Å². The molecule has 0 spiro atoms. The molecule has 3 aliphatic carbocycles. The Bertz CT molecular complexity index is 1410. The highest BCUT2D eigenvalue weighted by molar-refractivity contribution is 6.24. The Morgan fingerprint density at radius 2 is 1.74 bits per heavy atom. The third-order valence-corrected chi connectivity index (χ3v) is 7.69. The van der Waals surface area contributed by atoms with Crippen molar-refractivity contribution >= 4 is 29.1 Å². The first-order valence-electron chi connectivity index (χ1n) is 11.9. The average Bonchev–Trinajstić information content (AvgIpc) is 2.81. The molecule has 1 fully saturated rings. The highest BCUT2D eigenvalue weighted by Crippen LogP contribution is 2.54. The third-order valence-electron chi connectivity index (χ3n) is 7.69. The van der Waals surface area contributed by atoms with Gasteiger partial charge < -0.3 is 31.1 Å². The number of benzene rings is 1. The molecule has 1 aromatic carbocycles. The quantitative estimate of drug-likeness (QED) is 0.342. The minimum absolute atomic E-state index is 0.0229. The lowest BCUT2D eigenvalue weighted by Crippen LogP contribution is -2.65. The van der Waals surface area contributed by atoms with Crippen molar-refractivity contribution in [3.05, 3.63) is 51.3 Å². The first-order chi connectivity index (χ1) is 18.0. The normalized spacial score (nSPS) is 26.6. The number of likely N-dealkylation sites (N-methyl/N-ethyl adjacent to an activating group) is 1. The van der Waals surface area contributed by atoms with E-state index in [1.54, 1.807) is 19.0 Å². The van der Waals surface area contributed by atoms with E-state index >= 15 is 0 Å². The van der Waals surface area contributed by atoms with E-state index < -0.39 is 92.4 Å². The number of hydrogen-bond acceptors (Lipinski definition) is 9. The van der Waals surface area contributed by atoms with Crippen LogP contribution in [0, 0.1) is 11.8 Å². The number of rotatable bonds is 5. The molecule has 4 rings (SSSR count). The molecule has 0 aliphatic heterocycles. The van der Waals surface area contributed by atoms with Crippen LogP contribution in [0.4, 0.5) is 13.2 Å². The van der Waals surface area contributed by atoms with E-state index in [2.05, 4.69) is 0 Å². The number of primary amides is 1. The van der Waals surface area contributed by atoms with Crippen LogP contribution in [-0.2, 0) is 27.3 Å². The van der Waals surface area contributed by atoms with Gasteiger partial charge in [0.2, 0.25) is 5.78 Å². The lowest BCUT2D eigenvalue weighted by molar-refractivity contribution is -0.153. The fraction of sp³-hybridized carbons (Fsp3) is 0.423. The van der Waals surface area contributed by atoms with Gasteiger partial charge in [-0.2, -0.15) is 8.78 Å². The van der Waals surface area contributed by atoms with Gasteiger partial charge in [-0.1, -0.05) is 0 Å². The van der Waals surface area contributed by atoms with Gasteiger partial charge in [0.15, 0.2) is 17.2 Å². The van der Waals surface area contributed by atoms with E-state index in [-0.39, 0.29) is 30.5 Å². The molecule has 0 saturated heterocycles. The molecular formula is C26H28F3N3O7. The number of carbonyl (C=O) groups excluding carboxylic acids is 3. The molecule has 0 bridgehead atoms. The number of carbonyl (C=O) groups is 3. The van der Waals surface area contributed by atoms with Gasteiger partial charge in [0.25, 0.3) is 5.91 Å². The summed E-state index contributed by atoms with van der Waals surface area (Å²) in [6.45, 7) is -0.0442. The van der Waals surface area contributed by atoms with Crippen molar-refractivity contribution in [1.29, 1.82) is 0 Å². The van der Waals surface area contributed by atoms with Gasteiger partial charge in [0.1, 0.15) is 22.8 Å². The largest absolute Gasteiger partial charge is 0.508 e.